The van der Waals surface area contributed by atoms with Crippen LogP contribution in [0.25, 0.3) is 0 Å². The highest BCUT2D eigenvalue weighted by Crippen LogP contribution is 2.24. The summed E-state index contributed by atoms with van der Waals surface area (Å²) in [5.74, 6) is 1.82. The molecule has 0 radical (unpaired) electrons. The summed E-state index contributed by atoms with van der Waals surface area (Å²) in [7, 11) is 1.80. The normalized spacial score (nSPS) is 16.8. The topological polar surface area (TPSA) is 52.8 Å². The van der Waals surface area contributed by atoms with Gasteiger partial charge in [-0.05, 0) is 55.8 Å². The van der Waals surface area contributed by atoms with Gasteiger partial charge in [0.15, 0.2) is 5.96 Å². The molecule has 0 saturated carbocycles. The molecule has 2 heterocycles. The van der Waals surface area contributed by atoms with Gasteiger partial charge in [-0.25, -0.2) is 0 Å². The number of likely N-dealkylation sites (tertiary alicyclic amines) is 1. The molecule has 0 aliphatic carbocycles. The van der Waals surface area contributed by atoms with Crippen LogP contribution >= 0.6 is 15.9 Å². The Bertz CT molecular complexity index is 663. The molecule has 1 aromatic carbocycles. The molecular formula is C19H25BrN4O. The SMILES string of the molecule is CN=C(NCc1ccc(Br)cc1)NCC(c1ccco1)N1CCCC1. The number of guanidine groups is 1. The van der Waals surface area contributed by atoms with E-state index in [-0.39, 0.29) is 6.04 Å². The number of aliphatic imine (C=N–C) groups is 1. The molecule has 1 atom stereocenters. The maximum absolute atomic E-state index is 5.67. The van der Waals surface area contributed by atoms with Crippen LogP contribution in [-0.2, 0) is 6.54 Å². The Morgan fingerprint density at radius 2 is 1.96 bits per heavy atom. The van der Waals surface area contributed by atoms with E-state index in [2.05, 4.69) is 54.7 Å². The first-order valence-corrected chi connectivity index (χ1v) is 9.52. The molecule has 1 saturated heterocycles. The number of nitrogens with zero attached hydrogens (tertiary/aromatic N) is 2. The number of nitrogens with one attached hydrogen (secondary N) is 2. The Kier molecular flexibility index (Phi) is 6.53. The van der Waals surface area contributed by atoms with Gasteiger partial charge in [-0.2, -0.15) is 0 Å². The average molecular weight is 405 g/mol. The van der Waals surface area contributed by atoms with Crippen molar-refractivity contribution in [2.45, 2.75) is 25.4 Å². The Morgan fingerprint density at radius 3 is 2.60 bits per heavy atom. The van der Waals surface area contributed by atoms with E-state index in [1.54, 1.807) is 13.3 Å². The molecular weight excluding hydrogens is 380 g/mol. The van der Waals surface area contributed by atoms with Gasteiger partial charge in [0, 0.05) is 24.6 Å². The van der Waals surface area contributed by atoms with E-state index in [1.165, 1.54) is 18.4 Å². The van der Waals surface area contributed by atoms with Gasteiger partial charge in [0.25, 0.3) is 0 Å². The molecule has 0 amide bonds. The Labute approximate surface area is 157 Å². The van der Waals surface area contributed by atoms with Crippen LogP contribution in [0.3, 0.4) is 0 Å². The maximum Gasteiger partial charge on any atom is 0.191 e. The van der Waals surface area contributed by atoms with Crippen LogP contribution in [-0.4, -0.2) is 37.5 Å². The first kappa shape index (κ1) is 18.0. The first-order chi connectivity index (χ1) is 12.3. The molecule has 0 spiro atoms. The summed E-state index contributed by atoms with van der Waals surface area (Å²) in [6.45, 7) is 3.76. The van der Waals surface area contributed by atoms with E-state index in [1.807, 2.05) is 18.2 Å². The van der Waals surface area contributed by atoms with Crippen LogP contribution < -0.4 is 10.6 Å². The van der Waals surface area contributed by atoms with Crippen molar-refractivity contribution in [3.63, 3.8) is 0 Å². The lowest BCUT2D eigenvalue weighted by molar-refractivity contribution is 0.215. The van der Waals surface area contributed by atoms with Crippen LogP contribution in [0.4, 0.5) is 0 Å². The van der Waals surface area contributed by atoms with E-state index in [0.717, 1.165) is 42.4 Å². The van der Waals surface area contributed by atoms with E-state index in [9.17, 15) is 0 Å². The van der Waals surface area contributed by atoms with Crippen molar-refractivity contribution in [3.05, 3.63) is 58.5 Å². The summed E-state index contributed by atoms with van der Waals surface area (Å²) >= 11 is 3.46. The predicted octanol–water partition coefficient (Wildman–Crippen LogP) is 3.54. The molecule has 1 aliphatic rings. The van der Waals surface area contributed by atoms with E-state index in [0.29, 0.717) is 0 Å². The molecule has 1 unspecified atom stereocenters. The summed E-state index contributed by atoms with van der Waals surface area (Å²) in [5.41, 5.74) is 1.22. The number of halogens is 1. The van der Waals surface area contributed by atoms with Crippen LogP contribution in [0.1, 0.15) is 30.2 Å². The van der Waals surface area contributed by atoms with Gasteiger partial charge < -0.3 is 15.1 Å². The summed E-state index contributed by atoms with van der Waals surface area (Å²) in [5, 5.41) is 6.82. The summed E-state index contributed by atoms with van der Waals surface area (Å²) < 4.78 is 6.76. The zero-order valence-electron chi connectivity index (χ0n) is 14.5. The fourth-order valence-corrected chi connectivity index (χ4v) is 3.41. The van der Waals surface area contributed by atoms with Crippen molar-refractivity contribution in [2.75, 3.05) is 26.7 Å². The van der Waals surface area contributed by atoms with Gasteiger partial charge in [0.2, 0.25) is 0 Å². The molecule has 25 heavy (non-hydrogen) atoms. The Hall–Kier alpha value is -1.79. The van der Waals surface area contributed by atoms with Gasteiger partial charge in [-0.3, -0.25) is 9.89 Å². The summed E-state index contributed by atoms with van der Waals surface area (Å²) in [4.78, 5) is 6.82. The first-order valence-electron chi connectivity index (χ1n) is 8.72. The van der Waals surface area contributed by atoms with Crippen molar-refractivity contribution in [1.29, 1.82) is 0 Å². The lowest BCUT2D eigenvalue weighted by atomic mass is 10.2. The third kappa shape index (κ3) is 5.09. The molecule has 5 nitrogen and oxygen atoms in total. The lowest BCUT2D eigenvalue weighted by Gasteiger charge is -2.26. The van der Waals surface area contributed by atoms with Crippen molar-refractivity contribution >= 4 is 21.9 Å². The highest BCUT2D eigenvalue weighted by Gasteiger charge is 2.25. The fourth-order valence-electron chi connectivity index (χ4n) is 3.15. The van der Waals surface area contributed by atoms with E-state index in [4.69, 9.17) is 4.42 Å². The minimum Gasteiger partial charge on any atom is -0.468 e. The third-order valence-electron chi connectivity index (χ3n) is 4.51. The Morgan fingerprint density at radius 1 is 1.20 bits per heavy atom. The maximum atomic E-state index is 5.67. The van der Waals surface area contributed by atoms with Gasteiger partial charge in [-0.15, -0.1) is 0 Å². The number of hydrogen-bond donors (Lipinski definition) is 2. The zero-order chi connectivity index (χ0) is 17.5. The molecule has 1 fully saturated rings. The van der Waals surface area contributed by atoms with E-state index >= 15 is 0 Å². The molecule has 3 rings (SSSR count). The van der Waals surface area contributed by atoms with Gasteiger partial charge >= 0.3 is 0 Å². The van der Waals surface area contributed by atoms with Crippen molar-refractivity contribution < 1.29 is 4.42 Å². The second kappa shape index (κ2) is 9.06. The summed E-state index contributed by atoms with van der Waals surface area (Å²) in [6, 6.07) is 12.5. The highest BCUT2D eigenvalue weighted by atomic mass is 79.9. The lowest BCUT2D eigenvalue weighted by Crippen LogP contribution is -2.42. The fraction of sp³-hybridized carbons (Fsp3) is 0.421. The average Bonchev–Trinajstić information content (AvgIpc) is 3.33. The standard InChI is InChI=1S/C19H25BrN4O/c1-21-19(22-13-15-6-8-16(20)9-7-15)23-14-17(18-5-4-12-25-18)24-10-2-3-11-24/h4-9,12,17H,2-3,10-11,13-14H2,1H3,(H2,21,22,23). The van der Waals surface area contributed by atoms with Crippen LogP contribution in [0.5, 0.6) is 0 Å². The zero-order valence-corrected chi connectivity index (χ0v) is 16.1. The van der Waals surface area contributed by atoms with Crippen molar-refractivity contribution in [3.8, 4) is 0 Å². The van der Waals surface area contributed by atoms with Crippen LogP contribution in [0, 0.1) is 0 Å². The van der Waals surface area contributed by atoms with Crippen LogP contribution in [0.2, 0.25) is 0 Å². The highest BCUT2D eigenvalue weighted by molar-refractivity contribution is 9.10. The molecule has 0 bridgehead atoms. The number of hydrogen-bond acceptors (Lipinski definition) is 3. The predicted molar refractivity (Wildman–Crippen MR) is 105 cm³/mol. The molecule has 6 heteroatoms. The minimum absolute atomic E-state index is 0.240. The van der Waals surface area contributed by atoms with Crippen molar-refractivity contribution in [2.24, 2.45) is 4.99 Å². The number of benzene rings is 1. The minimum atomic E-state index is 0.240. The number of rotatable bonds is 6. The largest absolute Gasteiger partial charge is 0.468 e. The Balaban J connectivity index is 1.55. The monoisotopic (exact) mass is 404 g/mol. The summed E-state index contributed by atoms with van der Waals surface area (Å²) in [6.07, 6.45) is 4.26. The molecule has 2 aromatic rings. The molecule has 1 aromatic heterocycles. The molecule has 134 valence electrons. The number of furan rings is 1. The van der Waals surface area contributed by atoms with Gasteiger partial charge in [-0.1, -0.05) is 28.1 Å². The van der Waals surface area contributed by atoms with Crippen LogP contribution in [0.15, 0.2) is 56.5 Å². The van der Waals surface area contributed by atoms with Gasteiger partial charge in [0.1, 0.15) is 5.76 Å². The van der Waals surface area contributed by atoms with E-state index < -0.39 is 0 Å². The van der Waals surface area contributed by atoms with Gasteiger partial charge in [0.05, 0.1) is 12.3 Å². The molecule has 2 N–H and O–H groups in total. The quantitative estimate of drug-likeness (QED) is 0.570. The second-order valence-electron chi connectivity index (χ2n) is 6.21. The second-order valence-corrected chi connectivity index (χ2v) is 7.12. The van der Waals surface area contributed by atoms with Crippen molar-refractivity contribution in [1.82, 2.24) is 15.5 Å². The smallest absolute Gasteiger partial charge is 0.191 e. The molecule has 1 aliphatic heterocycles. The third-order valence-corrected chi connectivity index (χ3v) is 5.04.